The van der Waals surface area contributed by atoms with Crippen molar-refractivity contribution in [2.24, 2.45) is 23.2 Å². The molecule has 0 spiro atoms. The predicted molar refractivity (Wildman–Crippen MR) is 103 cm³/mol. The summed E-state index contributed by atoms with van der Waals surface area (Å²) >= 11 is 0. The van der Waals surface area contributed by atoms with Crippen molar-refractivity contribution >= 4 is 11.8 Å². The number of rotatable bonds is 5. The third-order valence-corrected chi connectivity index (χ3v) is 7.56. The van der Waals surface area contributed by atoms with Gasteiger partial charge in [0.25, 0.3) is 0 Å². The highest BCUT2D eigenvalue weighted by molar-refractivity contribution is 6.05. The van der Waals surface area contributed by atoms with Gasteiger partial charge in [-0.1, -0.05) is 30.3 Å². The Hall–Kier alpha value is -1.76. The molecule has 6 rings (SSSR count). The maximum atomic E-state index is 13.3. The fourth-order valence-electron chi connectivity index (χ4n) is 6.72. The molecule has 1 aromatic rings. The van der Waals surface area contributed by atoms with Crippen LogP contribution in [0.5, 0.6) is 0 Å². The zero-order chi connectivity index (χ0) is 20.6. The first-order valence-electron chi connectivity index (χ1n) is 10.5. The quantitative estimate of drug-likeness (QED) is 0.708. The number of hydrogen-bond acceptors (Lipinski definition) is 6. The summed E-state index contributed by atoms with van der Waals surface area (Å²) in [5.41, 5.74) is -0.757. The number of Topliss-reactive ketones (excluding diaryl/α,β-unsaturated/α-hetero) is 1. The molecule has 29 heavy (non-hydrogen) atoms. The van der Waals surface area contributed by atoms with Crippen LogP contribution in [-0.2, 0) is 28.5 Å². The molecule has 4 saturated carbocycles. The van der Waals surface area contributed by atoms with Gasteiger partial charge >= 0.3 is 5.97 Å². The molecule has 0 amide bonds. The normalized spacial score (nSPS) is 44.0. The van der Waals surface area contributed by atoms with E-state index in [1.54, 1.807) is 14.0 Å². The van der Waals surface area contributed by atoms with Crippen LogP contribution in [0.25, 0.3) is 0 Å². The van der Waals surface area contributed by atoms with Gasteiger partial charge in [-0.3, -0.25) is 9.59 Å². The number of ether oxygens (including phenoxy) is 4. The molecule has 4 bridgehead atoms. The van der Waals surface area contributed by atoms with Gasteiger partial charge in [-0.2, -0.15) is 0 Å². The van der Waals surface area contributed by atoms with E-state index in [-0.39, 0.29) is 36.3 Å². The number of esters is 1. The monoisotopic (exact) mass is 400 g/mol. The van der Waals surface area contributed by atoms with Crippen LogP contribution in [0.3, 0.4) is 0 Å². The highest BCUT2D eigenvalue weighted by Gasteiger charge is 2.95. The van der Waals surface area contributed by atoms with Crippen molar-refractivity contribution in [2.75, 3.05) is 13.7 Å². The van der Waals surface area contributed by atoms with Crippen molar-refractivity contribution in [3.8, 4) is 0 Å². The third kappa shape index (κ3) is 2.23. The summed E-state index contributed by atoms with van der Waals surface area (Å²) in [5, 5.41) is 0. The zero-order valence-corrected chi connectivity index (χ0v) is 17.3. The molecule has 1 aromatic carbocycles. The summed E-state index contributed by atoms with van der Waals surface area (Å²) in [5.74, 6) is -2.00. The van der Waals surface area contributed by atoms with E-state index in [2.05, 4.69) is 0 Å². The molecular formula is C23H28O6. The summed E-state index contributed by atoms with van der Waals surface area (Å²) in [6.07, 6.45) is 0.627. The van der Waals surface area contributed by atoms with Gasteiger partial charge in [0.1, 0.15) is 17.3 Å². The van der Waals surface area contributed by atoms with E-state index in [1.807, 2.05) is 44.2 Å². The fraction of sp³-hybridized carbons (Fsp3) is 0.652. The largest absolute Gasteiger partial charge is 0.465 e. The van der Waals surface area contributed by atoms with Gasteiger partial charge in [-0.25, -0.2) is 0 Å². The summed E-state index contributed by atoms with van der Waals surface area (Å²) in [4.78, 5) is 26.6. The lowest BCUT2D eigenvalue weighted by molar-refractivity contribution is -0.178. The molecule has 156 valence electrons. The SMILES string of the molecule is CCOC(=O)C12C([C@@H]3OC(C)(C)O[C@H]3c3ccccc3)[C@@H]3CC[C@@]1(OC)C2C3=O. The van der Waals surface area contributed by atoms with E-state index in [1.165, 1.54) is 0 Å². The van der Waals surface area contributed by atoms with Crippen molar-refractivity contribution in [3.63, 3.8) is 0 Å². The molecular weight excluding hydrogens is 372 g/mol. The van der Waals surface area contributed by atoms with E-state index in [4.69, 9.17) is 18.9 Å². The zero-order valence-electron chi connectivity index (χ0n) is 17.3. The lowest BCUT2D eigenvalue weighted by Crippen LogP contribution is -2.51. The maximum absolute atomic E-state index is 13.3. The smallest absolute Gasteiger partial charge is 0.316 e. The van der Waals surface area contributed by atoms with E-state index in [0.29, 0.717) is 12.8 Å². The van der Waals surface area contributed by atoms with Crippen molar-refractivity contribution in [2.45, 2.75) is 57.2 Å². The van der Waals surface area contributed by atoms with Crippen LogP contribution in [0.15, 0.2) is 30.3 Å². The minimum absolute atomic E-state index is 0.122. The van der Waals surface area contributed by atoms with Gasteiger partial charge < -0.3 is 18.9 Å². The van der Waals surface area contributed by atoms with Gasteiger partial charge in [0, 0.05) is 18.9 Å². The summed E-state index contributed by atoms with van der Waals surface area (Å²) < 4.78 is 24.1. The highest BCUT2D eigenvalue weighted by atomic mass is 16.8. The van der Waals surface area contributed by atoms with Gasteiger partial charge in [0.15, 0.2) is 5.79 Å². The molecule has 0 radical (unpaired) electrons. The topological polar surface area (TPSA) is 71.1 Å². The van der Waals surface area contributed by atoms with Crippen LogP contribution in [0, 0.1) is 23.2 Å². The fourth-order valence-corrected chi connectivity index (χ4v) is 6.72. The summed E-state index contributed by atoms with van der Waals surface area (Å²) in [6.45, 7) is 5.83. The lowest BCUT2D eigenvalue weighted by Gasteiger charge is -2.42. The number of carbonyl (C=O) groups is 2. The van der Waals surface area contributed by atoms with Crippen molar-refractivity contribution in [3.05, 3.63) is 35.9 Å². The number of benzene rings is 1. The van der Waals surface area contributed by atoms with E-state index in [0.717, 1.165) is 5.56 Å². The Kier molecular flexibility index (Phi) is 4.06. The molecule has 6 heteroatoms. The van der Waals surface area contributed by atoms with Crippen LogP contribution < -0.4 is 0 Å². The van der Waals surface area contributed by atoms with E-state index in [9.17, 15) is 9.59 Å². The first-order valence-corrected chi connectivity index (χ1v) is 10.5. The van der Waals surface area contributed by atoms with Crippen LogP contribution >= 0.6 is 0 Å². The molecule has 7 atom stereocenters. The second-order valence-electron chi connectivity index (χ2n) is 9.12. The maximum Gasteiger partial charge on any atom is 0.316 e. The molecule has 5 aliphatic rings. The Morgan fingerprint density at radius 3 is 2.55 bits per heavy atom. The van der Waals surface area contributed by atoms with E-state index >= 15 is 0 Å². The molecule has 6 nitrogen and oxygen atoms in total. The molecule has 5 fully saturated rings. The third-order valence-electron chi connectivity index (χ3n) is 7.56. The molecule has 1 saturated heterocycles. The Morgan fingerprint density at radius 2 is 1.93 bits per heavy atom. The molecule has 1 heterocycles. The number of methoxy groups -OCH3 is 1. The second kappa shape index (κ2) is 6.13. The molecule has 3 unspecified atom stereocenters. The Morgan fingerprint density at radius 1 is 1.21 bits per heavy atom. The van der Waals surface area contributed by atoms with Gasteiger partial charge in [-0.15, -0.1) is 0 Å². The summed E-state index contributed by atoms with van der Waals surface area (Å²) in [7, 11) is 1.61. The number of ketones is 1. The Balaban J connectivity index is 1.62. The van der Waals surface area contributed by atoms with Crippen molar-refractivity contribution < 1.29 is 28.5 Å². The van der Waals surface area contributed by atoms with Crippen LogP contribution in [-0.4, -0.2) is 43.0 Å². The minimum atomic E-state index is -0.973. The first-order chi connectivity index (χ1) is 13.8. The highest BCUT2D eigenvalue weighted by Crippen LogP contribution is 2.82. The number of hydrogen-bond donors (Lipinski definition) is 0. The van der Waals surface area contributed by atoms with Gasteiger partial charge in [0.05, 0.1) is 24.2 Å². The molecule has 1 aliphatic heterocycles. The van der Waals surface area contributed by atoms with Gasteiger partial charge in [0.2, 0.25) is 0 Å². The number of fused-ring (bicyclic) bond motifs is 1. The first kappa shape index (κ1) is 19.2. The van der Waals surface area contributed by atoms with E-state index < -0.39 is 28.8 Å². The summed E-state index contributed by atoms with van der Waals surface area (Å²) in [6, 6.07) is 9.89. The van der Waals surface area contributed by atoms with Crippen molar-refractivity contribution in [1.29, 1.82) is 0 Å². The minimum Gasteiger partial charge on any atom is -0.465 e. The predicted octanol–water partition coefficient (Wildman–Crippen LogP) is 3.05. The Labute approximate surface area is 170 Å². The molecule has 4 aliphatic carbocycles. The van der Waals surface area contributed by atoms with Crippen LogP contribution in [0.4, 0.5) is 0 Å². The van der Waals surface area contributed by atoms with Gasteiger partial charge in [-0.05, 0) is 39.2 Å². The Bertz CT molecular complexity index is 850. The molecule has 0 aromatic heterocycles. The average molecular weight is 400 g/mol. The second-order valence-corrected chi connectivity index (χ2v) is 9.12. The average Bonchev–Trinajstić information content (AvgIpc) is 3.13. The lowest BCUT2D eigenvalue weighted by atomic mass is 9.66. The standard InChI is InChI=1S/C23H28O6/c1-5-27-20(25)23-15(14-11-12-22(23,26-4)19(23)16(14)24)18-17(28-21(2,3)29-18)13-9-7-6-8-10-13/h6-10,14-15,17-19H,5,11-12H2,1-4H3/t14-,15?,17-,18-,19?,22+,23?/m0/s1. The van der Waals surface area contributed by atoms with Crippen molar-refractivity contribution in [1.82, 2.24) is 0 Å². The van der Waals surface area contributed by atoms with Crippen LogP contribution in [0.1, 0.15) is 45.3 Å². The van der Waals surface area contributed by atoms with Crippen LogP contribution in [0.2, 0.25) is 0 Å². The number of carbonyl (C=O) groups excluding carboxylic acids is 2. The molecule has 0 N–H and O–H groups in total.